The molecule has 0 aromatic carbocycles. The summed E-state index contributed by atoms with van der Waals surface area (Å²) in [5.74, 6) is -1.79. The van der Waals surface area contributed by atoms with E-state index < -0.39 is 18.4 Å². The van der Waals surface area contributed by atoms with Crippen LogP contribution in [-0.2, 0) is 14.3 Å². The number of halogens is 2. The second kappa shape index (κ2) is 5.74. The maximum absolute atomic E-state index is 11.9. The van der Waals surface area contributed by atoms with Crippen LogP contribution in [-0.4, -0.2) is 55.5 Å². The summed E-state index contributed by atoms with van der Waals surface area (Å²) in [6.45, 7) is 3.10. The van der Waals surface area contributed by atoms with E-state index in [-0.39, 0.29) is 5.91 Å². The topological polar surface area (TPSA) is 58.6 Å². The maximum Gasteiger partial charge on any atom is 0.315 e. The number of alkyl halides is 2. The van der Waals surface area contributed by atoms with Crippen LogP contribution < -0.4 is 5.32 Å². The van der Waals surface area contributed by atoms with Crippen molar-refractivity contribution in [1.82, 2.24) is 10.2 Å². The van der Waals surface area contributed by atoms with Gasteiger partial charge < -0.3 is 15.0 Å². The molecule has 1 saturated heterocycles. The van der Waals surface area contributed by atoms with Crippen LogP contribution in [0.25, 0.3) is 0 Å². The van der Waals surface area contributed by atoms with E-state index in [1.54, 1.807) is 0 Å². The highest BCUT2D eigenvalue weighted by Gasteiger charge is 2.26. The van der Waals surface area contributed by atoms with Gasteiger partial charge in [0.25, 0.3) is 5.91 Å². The Bertz CT molecular complexity index is 267. The summed E-state index contributed by atoms with van der Waals surface area (Å²) >= 11 is 0. The van der Waals surface area contributed by atoms with Gasteiger partial charge >= 0.3 is 6.43 Å². The van der Waals surface area contributed by atoms with E-state index in [1.165, 1.54) is 11.8 Å². The molecule has 0 saturated carbocycles. The molecule has 0 aromatic rings. The van der Waals surface area contributed by atoms with Crippen molar-refractivity contribution in [3.05, 3.63) is 0 Å². The maximum atomic E-state index is 11.9. The average Bonchev–Trinajstić information content (AvgIpc) is 2.28. The highest BCUT2D eigenvalue weighted by molar-refractivity contribution is 5.88. The predicted molar refractivity (Wildman–Crippen MR) is 51.0 cm³/mol. The van der Waals surface area contributed by atoms with Gasteiger partial charge in [0, 0.05) is 13.1 Å². The summed E-state index contributed by atoms with van der Waals surface area (Å²) in [6.07, 6.45) is -3.10. The Morgan fingerprint density at radius 3 is 2.38 bits per heavy atom. The molecule has 7 heteroatoms. The van der Waals surface area contributed by atoms with E-state index in [9.17, 15) is 18.4 Å². The number of ether oxygens (including phenoxy) is 1. The monoisotopic (exact) mass is 236 g/mol. The molecule has 0 aliphatic carbocycles. The molecular formula is C9H14F2N2O3. The third-order valence-corrected chi connectivity index (χ3v) is 2.25. The number of nitrogens with one attached hydrogen (secondary N) is 1. The Morgan fingerprint density at radius 1 is 1.31 bits per heavy atom. The highest BCUT2D eigenvalue weighted by atomic mass is 19.3. The molecule has 0 bridgehead atoms. The molecule has 92 valence electrons. The minimum Gasteiger partial charge on any atom is -0.378 e. The Kier molecular flexibility index (Phi) is 4.60. The first-order chi connectivity index (χ1) is 7.52. The van der Waals surface area contributed by atoms with Gasteiger partial charge in [-0.3, -0.25) is 9.59 Å². The first-order valence-electron chi connectivity index (χ1n) is 4.97. The fourth-order valence-corrected chi connectivity index (χ4v) is 1.40. The highest BCUT2D eigenvalue weighted by Crippen LogP contribution is 2.01. The second-order valence-electron chi connectivity index (χ2n) is 3.47. The van der Waals surface area contributed by atoms with Crippen LogP contribution in [0.3, 0.4) is 0 Å². The summed E-state index contributed by atoms with van der Waals surface area (Å²) in [5, 5.41) is 1.96. The van der Waals surface area contributed by atoms with E-state index in [0.29, 0.717) is 26.3 Å². The van der Waals surface area contributed by atoms with Crippen molar-refractivity contribution < 1.29 is 23.1 Å². The standard InChI is InChI=1S/C9H14F2N2O3/c1-6(12-8(14)7(10)11)9(15)13-2-4-16-5-3-13/h6-7H,2-5H2,1H3,(H,12,14). The SMILES string of the molecule is CC(NC(=O)C(F)F)C(=O)N1CCOCC1. The summed E-state index contributed by atoms with van der Waals surface area (Å²) < 4.78 is 28.9. The Labute approximate surface area is 91.7 Å². The number of carbonyl (C=O) groups excluding carboxylic acids is 2. The molecule has 1 N–H and O–H groups in total. The lowest BCUT2D eigenvalue weighted by Gasteiger charge is -2.29. The van der Waals surface area contributed by atoms with Crippen LogP contribution in [0.2, 0.25) is 0 Å². The van der Waals surface area contributed by atoms with Crippen LogP contribution in [0.5, 0.6) is 0 Å². The summed E-state index contributed by atoms with van der Waals surface area (Å²) in [7, 11) is 0. The van der Waals surface area contributed by atoms with Crippen LogP contribution in [0, 0.1) is 0 Å². The van der Waals surface area contributed by atoms with Gasteiger partial charge in [-0.15, -0.1) is 0 Å². The summed E-state index contributed by atoms with van der Waals surface area (Å²) in [5.41, 5.74) is 0. The fourth-order valence-electron chi connectivity index (χ4n) is 1.40. The van der Waals surface area contributed by atoms with Crippen molar-refractivity contribution in [3.8, 4) is 0 Å². The quantitative estimate of drug-likeness (QED) is 0.726. The molecular weight excluding hydrogens is 222 g/mol. The van der Waals surface area contributed by atoms with E-state index in [0.717, 1.165) is 0 Å². The van der Waals surface area contributed by atoms with Crippen molar-refractivity contribution in [2.75, 3.05) is 26.3 Å². The van der Waals surface area contributed by atoms with Gasteiger partial charge in [-0.1, -0.05) is 0 Å². The number of morpholine rings is 1. The van der Waals surface area contributed by atoms with E-state index >= 15 is 0 Å². The average molecular weight is 236 g/mol. The van der Waals surface area contributed by atoms with Crippen molar-refractivity contribution in [3.63, 3.8) is 0 Å². The van der Waals surface area contributed by atoms with Gasteiger partial charge in [-0.25, -0.2) is 0 Å². The van der Waals surface area contributed by atoms with Crippen molar-refractivity contribution in [1.29, 1.82) is 0 Å². The van der Waals surface area contributed by atoms with Crippen molar-refractivity contribution in [2.24, 2.45) is 0 Å². The zero-order chi connectivity index (χ0) is 12.1. The second-order valence-corrected chi connectivity index (χ2v) is 3.47. The van der Waals surface area contributed by atoms with Crippen molar-refractivity contribution >= 4 is 11.8 Å². The zero-order valence-electron chi connectivity index (χ0n) is 8.91. The molecule has 5 nitrogen and oxygen atoms in total. The Morgan fingerprint density at radius 2 is 1.88 bits per heavy atom. The lowest BCUT2D eigenvalue weighted by Crippen LogP contribution is -2.51. The van der Waals surface area contributed by atoms with E-state index in [2.05, 4.69) is 0 Å². The lowest BCUT2D eigenvalue weighted by atomic mass is 10.2. The molecule has 1 atom stereocenters. The number of hydrogen-bond donors (Lipinski definition) is 1. The van der Waals surface area contributed by atoms with E-state index in [4.69, 9.17) is 4.74 Å². The van der Waals surface area contributed by atoms with Gasteiger partial charge in [0.1, 0.15) is 6.04 Å². The molecule has 1 aliphatic rings. The lowest BCUT2D eigenvalue weighted by molar-refractivity contribution is -0.141. The zero-order valence-corrected chi connectivity index (χ0v) is 8.91. The molecule has 1 heterocycles. The minimum absolute atomic E-state index is 0.364. The van der Waals surface area contributed by atoms with Gasteiger partial charge in [-0.2, -0.15) is 8.78 Å². The van der Waals surface area contributed by atoms with Gasteiger partial charge in [0.2, 0.25) is 5.91 Å². The molecule has 1 fully saturated rings. The predicted octanol–water partition coefficient (Wildman–Crippen LogP) is -0.385. The molecule has 16 heavy (non-hydrogen) atoms. The molecule has 1 aliphatic heterocycles. The molecule has 2 amide bonds. The number of nitrogens with zero attached hydrogens (tertiary/aromatic N) is 1. The number of amides is 2. The van der Waals surface area contributed by atoms with Crippen LogP contribution >= 0.6 is 0 Å². The number of hydrogen-bond acceptors (Lipinski definition) is 3. The summed E-state index contributed by atoms with van der Waals surface area (Å²) in [6, 6.07) is -0.931. The first kappa shape index (κ1) is 12.8. The van der Waals surface area contributed by atoms with Crippen molar-refractivity contribution in [2.45, 2.75) is 19.4 Å². The Balaban J connectivity index is 2.43. The van der Waals surface area contributed by atoms with Gasteiger partial charge in [-0.05, 0) is 6.92 Å². The van der Waals surface area contributed by atoms with Crippen LogP contribution in [0.1, 0.15) is 6.92 Å². The fraction of sp³-hybridized carbons (Fsp3) is 0.778. The number of carbonyl (C=O) groups is 2. The minimum atomic E-state index is -3.10. The third-order valence-electron chi connectivity index (χ3n) is 2.25. The normalized spacial score (nSPS) is 18.4. The van der Waals surface area contributed by atoms with Gasteiger partial charge in [0.05, 0.1) is 13.2 Å². The van der Waals surface area contributed by atoms with Crippen LogP contribution in [0.4, 0.5) is 8.78 Å². The molecule has 0 radical (unpaired) electrons. The molecule has 0 spiro atoms. The van der Waals surface area contributed by atoms with Gasteiger partial charge in [0.15, 0.2) is 0 Å². The number of rotatable bonds is 3. The third kappa shape index (κ3) is 3.41. The van der Waals surface area contributed by atoms with Crippen LogP contribution in [0.15, 0.2) is 0 Å². The molecule has 1 rings (SSSR count). The smallest absolute Gasteiger partial charge is 0.315 e. The summed E-state index contributed by atoms with van der Waals surface area (Å²) in [4.78, 5) is 23.8. The molecule has 0 aromatic heterocycles. The largest absolute Gasteiger partial charge is 0.378 e. The van der Waals surface area contributed by atoms with E-state index in [1.807, 2.05) is 5.32 Å². The first-order valence-corrected chi connectivity index (χ1v) is 4.97. The Hall–Kier alpha value is -1.24. The molecule has 1 unspecified atom stereocenters.